The van der Waals surface area contributed by atoms with Crippen molar-refractivity contribution in [3.05, 3.63) is 48.1 Å². The van der Waals surface area contributed by atoms with Crippen molar-refractivity contribution < 1.29 is 38.1 Å². The highest BCUT2D eigenvalue weighted by Gasteiger charge is 2.40. The van der Waals surface area contributed by atoms with Crippen LogP contribution in [0.1, 0.15) is 6.42 Å². The first-order valence-corrected chi connectivity index (χ1v) is 8.63. The second-order valence-corrected chi connectivity index (χ2v) is 6.42. The molecule has 0 heterocycles. The minimum Gasteiger partial charge on any atom is -0.459 e. The number of rotatable bonds is 10. The number of ether oxygens (including phenoxy) is 4. The number of allylic oxidation sites excluding steroid dienone is 1. The van der Waals surface area contributed by atoms with E-state index in [9.17, 15) is 19.2 Å². The van der Waals surface area contributed by atoms with Crippen molar-refractivity contribution in [2.45, 2.75) is 11.3 Å². The molecule has 0 aromatic carbocycles. The summed E-state index contributed by atoms with van der Waals surface area (Å²) in [4.78, 5) is 45.1. The zero-order valence-electron chi connectivity index (χ0n) is 14.8. The Morgan fingerprint density at radius 2 is 1.54 bits per heavy atom. The van der Waals surface area contributed by atoms with E-state index in [1.807, 2.05) is 0 Å². The van der Waals surface area contributed by atoms with Crippen molar-refractivity contribution >= 4 is 47.1 Å². The number of carbonyl (C=O) groups excluding carboxylic acids is 4. The van der Waals surface area contributed by atoms with E-state index in [4.69, 9.17) is 32.7 Å². The fraction of sp³-hybridized carbons (Fsp3) is 0.333. The van der Waals surface area contributed by atoms with Gasteiger partial charge in [0.2, 0.25) is 0 Å². The van der Waals surface area contributed by atoms with E-state index in [0.29, 0.717) is 0 Å². The van der Waals surface area contributed by atoms with Gasteiger partial charge in [-0.2, -0.15) is 0 Å². The smallest absolute Gasteiger partial charge is 0.344 e. The molecule has 1 atom stereocenters. The van der Waals surface area contributed by atoms with E-state index in [1.54, 1.807) is 0 Å². The monoisotopic (exact) mass is 432 g/mol. The van der Waals surface area contributed by atoms with Crippen molar-refractivity contribution in [1.29, 1.82) is 0 Å². The molecule has 1 aliphatic rings. The van der Waals surface area contributed by atoms with Gasteiger partial charge in [-0.3, -0.25) is 0 Å². The van der Waals surface area contributed by atoms with E-state index >= 15 is 0 Å². The quantitative estimate of drug-likeness (QED) is 0.223. The normalized spacial score (nSPS) is 18.1. The predicted octanol–water partition coefficient (Wildman–Crippen LogP) is 1.96. The summed E-state index contributed by atoms with van der Waals surface area (Å²) in [5.41, 5.74) is -0.0762. The third kappa shape index (κ3) is 7.21. The van der Waals surface area contributed by atoms with Crippen molar-refractivity contribution in [2.75, 3.05) is 26.4 Å². The van der Waals surface area contributed by atoms with Crippen LogP contribution in [0.15, 0.2) is 48.1 Å². The van der Waals surface area contributed by atoms with E-state index in [-0.39, 0.29) is 30.2 Å². The molecule has 0 N–H and O–H groups in total. The van der Waals surface area contributed by atoms with Gasteiger partial charge >= 0.3 is 23.9 Å². The van der Waals surface area contributed by atoms with Crippen LogP contribution in [0.25, 0.3) is 0 Å². The second kappa shape index (κ2) is 11.3. The lowest BCUT2D eigenvalue weighted by atomic mass is 9.95. The first kappa shape index (κ1) is 23.5. The van der Waals surface area contributed by atoms with E-state index in [0.717, 1.165) is 0 Å². The minimum atomic E-state index is -1.71. The zero-order valence-corrected chi connectivity index (χ0v) is 16.3. The lowest BCUT2D eigenvalue weighted by Gasteiger charge is -2.24. The molecule has 0 aromatic heterocycles. The molecule has 0 radical (unpaired) electrons. The average molecular weight is 433 g/mol. The Hall–Kier alpha value is -2.58. The van der Waals surface area contributed by atoms with Crippen LogP contribution < -0.4 is 0 Å². The van der Waals surface area contributed by atoms with Gasteiger partial charge in [0.25, 0.3) is 0 Å². The lowest BCUT2D eigenvalue weighted by Crippen LogP contribution is -2.36. The number of esters is 4. The van der Waals surface area contributed by atoms with Crippen molar-refractivity contribution in [3.63, 3.8) is 0 Å². The number of carbonyl (C=O) groups is 4. The molecule has 1 unspecified atom stereocenters. The van der Waals surface area contributed by atoms with Gasteiger partial charge in [-0.05, 0) is 6.08 Å². The number of hydrogen-bond acceptors (Lipinski definition) is 8. The molecule has 0 aliphatic heterocycles. The summed E-state index contributed by atoms with van der Waals surface area (Å²) >= 11 is 12.2. The summed E-state index contributed by atoms with van der Waals surface area (Å²) in [6.45, 7) is 5.45. The van der Waals surface area contributed by atoms with Crippen LogP contribution in [0.3, 0.4) is 0 Å². The third-order valence-electron chi connectivity index (χ3n) is 3.14. The molecular weight excluding hydrogens is 415 g/mol. The van der Waals surface area contributed by atoms with E-state index in [1.165, 1.54) is 24.3 Å². The van der Waals surface area contributed by atoms with Gasteiger partial charge in [-0.1, -0.05) is 43.0 Å². The molecule has 0 spiro atoms. The maximum Gasteiger partial charge on any atom is 0.344 e. The number of hydrogen-bond donors (Lipinski definition) is 0. The molecule has 0 amide bonds. The maximum atomic E-state index is 12.1. The van der Waals surface area contributed by atoms with Crippen molar-refractivity contribution in [3.8, 4) is 0 Å². The molecule has 0 saturated carbocycles. The van der Waals surface area contributed by atoms with Gasteiger partial charge in [0.05, 0.1) is 5.57 Å². The molecule has 8 nitrogen and oxygen atoms in total. The van der Waals surface area contributed by atoms with Crippen LogP contribution in [0, 0.1) is 0 Å². The Kier molecular flexibility index (Phi) is 9.47. The Morgan fingerprint density at radius 1 is 1.00 bits per heavy atom. The highest BCUT2D eigenvalue weighted by molar-refractivity contribution is 6.39. The van der Waals surface area contributed by atoms with Gasteiger partial charge in [0, 0.05) is 11.5 Å². The Morgan fingerprint density at radius 3 is 2.04 bits per heavy atom. The molecule has 1 rings (SSSR count). The Bertz CT molecular complexity index is 725. The largest absolute Gasteiger partial charge is 0.459 e. The summed E-state index contributed by atoms with van der Waals surface area (Å²) in [5, 5.41) is -0.0758. The van der Waals surface area contributed by atoms with Crippen LogP contribution in [-0.2, 0) is 38.1 Å². The summed E-state index contributed by atoms with van der Waals surface area (Å²) in [6, 6.07) is 0. The van der Waals surface area contributed by atoms with E-state index in [2.05, 4.69) is 22.6 Å². The van der Waals surface area contributed by atoms with Gasteiger partial charge in [-0.25, -0.2) is 19.2 Å². The Balaban J connectivity index is 2.62. The molecule has 0 bridgehead atoms. The highest BCUT2D eigenvalue weighted by Crippen LogP contribution is 2.36. The molecular formula is C18H18Cl2O8. The van der Waals surface area contributed by atoms with Crippen molar-refractivity contribution in [2.24, 2.45) is 0 Å². The Labute approximate surface area is 171 Å². The van der Waals surface area contributed by atoms with E-state index < -0.39 is 42.0 Å². The van der Waals surface area contributed by atoms with Crippen LogP contribution in [0.2, 0.25) is 0 Å². The zero-order chi connectivity index (χ0) is 21.2. The summed E-state index contributed by atoms with van der Waals surface area (Å²) in [5.74, 6) is -3.37. The van der Waals surface area contributed by atoms with Crippen LogP contribution in [0.4, 0.5) is 0 Å². The third-order valence-corrected chi connectivity index (χ3v) is 3.90. The topological polar surface area (TPSA) is 105 Å². The molecule has 0 aromatic rings. The number of alkyl halides is 1. The summed E-state index contributed by atoms with van der Waals surface area (Å²) < 4.78 is 18.9. The number of halogens is 2. The maximum absolute atomic E-state index is 12.1. The van der Waals surface area contributed by atoms with Crippen LogP contribution in [-0.4, -0.2) is 55.2 Å². The molecule has 28 heavy (non-hydrogen) atoms. The fourth-order valence-corrected chi connectivity index (χ4v) is 2.51. The highest BCUT2D eigenvalue weighted by atomic mass is 35.5. The molecule has 152 valence electrons. The fourth-order valence-electron chi connectivity index (χ4n) is 1.84. The average Bonchev–Trinajstić information content (AvgIpc) is 2.66. The SMILES string of the molecule is C=CCOC(=O)COC(=O)C1=C(Cl)CC(Cl)(C(=O)OCC(=O)OCC=C)C=C1. The molecule has 10 heteroatoms. The summed E-state index contributed by atoms with van der Waals surface area (Å²) in [6.07, 6.45) is 4.80. The first-order chi connectivity index (χ1) is 13.2. The molecule has 1 aliphatic carbocycles. The second-order valence-electron chi connectivity index (χ2n) is 5.29. The van der Waals surface area contributed by atoms with Gasteiger partial charge in [0.15, 0.2) is 18.1 Å². The first-order valence-electron chi connectivity index (χ1n) is 7.87. The van der Waals surface area contributed by atoms with Crippen LogP contribution >= 0.6 is 23.2 Å². The van der Waals surface area contributed by atoms with Crippen LogP contribution in [0.5, 0.6) is 0 Å². The van der Waals surface area contributed by atoms with Gasteiger partial charge in [-0.15, -0.1) is 11.6 Å². The lowest BCUT2D eigenvalue weighted by molar-refractivity contribution is -0.159. The van der Waals surface area contributed by atoms with Gasteiger partial charge < -0.3 is 18.9 Å². The minimum absolute atomic E-state index is 0.0161. The molecule has 0 saturated heterocycles. The van der Waals surface area contributed by atoms with Gasteiger partial charge in [0.1, 0.15) is 13.2 Å². The molecule has 0 fully saturated rings. The summed E-state index contributed by atoms with van der Waals surface area (Å²) in [7, 11) is 0. The van der Waals surface area contributed by atoms with Crippen molar-refractivity contribution in [1.82, 2.24) is 0 Å². The predicted molar refractivity (Wildman–Crippen MR) is 99.5 cm³/mol. The standard InChI is InChI=1S/C18H18Cl2O8/c1-3-7-25-14(21)10-27-16(23)12-5-6-18(20,9-13(12)19)17(24)28-11-15(22)26-8-4-2/h3-6H,1-2,7-11H2.